The highest BCUT2D eigenvalue weighted by Gasteiger charge is 2.32. The summed E-state index contributed by atoms with van der Waals surface area (Å²) in [6.07, 6.45) is 18.5. The van der Waals surface area contributed by atoms with E-state index in [0.717, 1.165) is 60.9 Å². The molecule has 3 aliphatic carbocycles. The van der Waals surface area contributed by atoms with Crippen molar-refractivity contribution in [3.8, 4) is 28.4 Å². The topological polar surface area (TPSA) is 73.8 Å². The average molecular weight is 596 g/mol. The van der Waals surface area contributed by atoms with E-state index in [9.17, 15) is 15.3 Å². The Morgan fingerprint density at radius 3 is 2.13 bits per heavy atom. The molecule has 5 aromatic rings. The molecule has 5 heteroatoms. The molecule has 0 fully saturated rings. The van der Waals surface area contributed by atoms with E-state index in [0.29, 0.717) is 36.0 Å². The van der Waals surface area contributed by atoms with Crippen molar-refractivity contribution in [2.24, 2.45) is 0 Å². The molecule has 0 bridgehead atoms. The van der Waals surface area contributed by atoms with Crippen molar-refractivity contribution < 1.29 is 19.7 Å². The van der Waals surface area contributed by atoms with Crippen molar-refractivity contribution in [2.75, 3.05) is 0 Å². The van der Waals surface area contributed by atoms with Gasteiger partial charge in [-0.1, -0.05) is 103 Å². The number of aromatic hydroxyl groups is 3. The van der Waals surface area contributed by atoms with Crippen molar-refractivity contribution >= 4 is 46.4 Å². The van der Waals surface area contributed by atoms with Crippen LogP contribution in [0, 0.1) is 0 Å². The van der Waals surface area contributed by atoms with E-state index in [1.165, 1.54) is 0 Å². The van der Waals surface area contributed by atoms with E-state index >= 15 is 0 Å². The fourth-order valence-electron chi connectivity index (χ4n) is 7.04. The highest BCUT2D eigenvalue weighted by atomic mass is 16.3. The Labute approximate surface area is 268 Å². The van der Waals surface area contributed by atoms with E-state index in [1.807, 2.05) is 78.9 Å². The SMILES string of the molecule is [B]c1c(O)c(O)c(C2=C3C=CC=CCC3=C(c3ccc4oc5ccccc5c4c3)CC3=C2CC=CC=C3)c(-c2ccccc2)c1O. The maximum atomic E-state index is 11.8. The predicted molar refractivity (Wildman–Crippen MR) is 187 cm³/mol. The van der Waals surface area contributed by atoms with Gasteiger partial charge in [0, 0.05) is 21.9 Å². The Bertz CT molecular complexity index is 2310. The van der Waals surface area contributed by atoms with Crippen LogP contribution < -0.4 is 5.46 Å². The molecule has 4 nitrogen and oxygen atoms in total. The molecule has 2 radical (unpaired) electrons. The first kappa shape index (κ1) is 27.8. The van der Waals surface area contributed by atoms with E-state index in [-0.39, 0.29) is 17.0 Å². The van der Waals surface area contributed by atoms with Gasteiger partial charge in [-0.15, -0.1) is 0 Å². The molecular formula is C41H29BO4. The number of phenols is 3. The second kappa shape index (κ2) is 11.0. The van der Waals surface area contributed by atoms with Crippen LogP contribution in [0.15, 0.2) is 148 Å². The van der Waals surface area contributed by atoms with Crippen LogP contribution in [-0.2, 0) is 0 Å². The third kappa shape index (κ3) is 4.39. The molecule has 0 amide bonds. The Hall–Kier alpha value is -5.68. The Balaban J connectivity index is 1.50. The zero-order valence-electron chi connectivity index (χ0n) is 25.0. The summed E-state index contributed by atoms with van der Waals surface area (Å²) in [6, 6.07) is 23.9. The predicted octanol–water partition coefficient (Wildman–Crippen LogP) is 9.10. The average Bonchev–Trinajstić information content (AvgIpc) is 3.25. The molecule has 3 aliphatic rings. The maximum Gasteiger partial charge on any atom is 0.165 e. The second-order valence-electron chi connectivity index (χ2n) is 11.8. The number of para-hydroxylation sites is 1. The minimum atomic E-state index is -0.537. The minimum Gasteiger partial charge on any atom is -0.508 e. The van der Waals surface area contributed by atoms with Gasteiger partial charge >= 0.3 is 0 Å². The Morgan fingerprint density at radius 2 is 1.30 bits per heavy atom. The molecule has 0 spiro atoms. The number of benzene rings is 4. The molecule has 0 saturated carbocycles. The molecule has 0 aliphatic heterocycles. The number of phenolic OH excluding ortho intramolecular Hbond substituents is 3. The summed E-state index contributed by atoms with van der Waals surface area (Å²) in [4.78, 5) is 0. The normalized spacial score (nSPS) is 16.2. The summed E-state index contributed by atoms with van der Waals surface area (Å²) in [6.45, 7) is 0. The highest BCUT2D eigenvalue weighted by Crippen LogP contribution is 2.53. The van der Waals surface area contributed by atoms with Gasteiger partial charge in [-0.3, -0.25) is 0 Å². The summed E-state index contributed by atoms with van der Waals surface area (Å²) in [5, 5.41) is 36.5. The largest absolute Gasteiger partial charge is 0.508 e. The van der Waals surface area contributed by atoms with Crippen molar-refractivity contribution in [2.45, 2.75) is 19.3 Å². The van der Waals surface area contributed by atoms with Gasteiger partial charge in [-0.2, -0.15) is 0 Å². The van der Waals surface area contributed by atoms with Gasteiger partial charge in [0.2, 0.25) is 0 Å². The summed E-state index contributed by atoms with van der Waals surface area (Å²) in [5.41, 5.74) is 9.96. The van der Waals surface area contributed by atoms with Crippen molar-refractivity contribution in [1.29, 1.82) is 0 Å². The number of allylic oxidation sites excluding steroid dienone is 14. The van der Waals surface area contributed by atoms with E-state index in [1.54, 1.807) is 0 Å². The van der Waals surface area contributed by atoms with Crippen LogP contribution >= 0.6 is 0 Å². The smallest absolute Gasteiger partial charge is 0.165 e. The number of rotatable bonds is 3. The van der Waals surface area contributed by atoms with E-state index < -0.39 is 5.75 Å². The summed E-state index contributed by atoms with van der Waals surface area (Å²) in [5.74, 6) is -1.17. The van der Waals surface area contributed by atoms with Gasteiger partial charge in [-0.05, 0) is 87.5 Å². The van der Waals surface area contributed by atoms with Gasteiger partial charge in [0.05, 0.1) is 0 Å². The standard InChI is InChI=1S/C41H29BO4/c42-38-39(43)35(24-12-4-1-5-13-24)37(40(44)41(38)45)36-27-15-7-2-6-14-25(27)22-31(28-16-8-3-9-18-30(28)36)26-20-21-34-32(23-26)29-17-10-11-19-33(29)46-34/h1-14,17-21,23,43-45H,15-16,22H2. The molecule has 46 heavy (non-hydrogen) atoms. The number of fused-ring (bicyclic) bond motifs is 4. The van der Waals surface area contributed by atoms with Crippen LogP contribution in [0.5, 0.6) is 17.2 Å². The molecule has 4 aromatic carbocycles. The van der Waals surface area contributed by atoms with Crippen LogP contribution in [-0.4, -0.2) is 23.2 Å². The van der Waals surface area contributed by atoms with Crippen LogP contribution in [0.25, 0.3) is 44.2 Å². The first-order valence-corrected chi connectivity index (χ1v) is 15.4. The lowest BCUT2D eigenvalue weighted by molar-refractivity contribution is 0.400. The molecule has 1 aromatic heterocycles. The van der Waals surface area contributed by atoms with Crippen molar-refractivity contribution in [3.63, 3.8) is 0 Å². The Morgan fingerprint density at radius 1 is 0.587 bits per heavy atom. The van der Waals surface area contributed by atoms with Crippen LogP contribution in [0.1, 0.15) is 30.4 Å². The molecule has 1 heterocycles. The van der Waals surface area contributed by atoms with Gasteiger partial charge in [0.15, 0.2) is 11.5 Å². The van der Waals surface area contributed by atoms with E-state index in [2.05, 4.69) is 42.5 Å². The first-order chi connectivity index (χ1) is 22.5. The van der Waals surface area contributed by atoms with Crippen molar-refractivity contribution in [3.05, 3.63) is 155 Å². The van der Waals surface area contributed by atoms with E-state index in [4.69, 9.17) is 12.3 Å². The maximum absolute atomic E-state index is 11.8. The van der Waals surface area contributed by atoms with Crippen LogP contribution in [0.4, 0.5) is 0 Å². The second-order valence-corrected chi connectivity index (χ2v) is 11.8. The monoisotopic (exact) mass is 596 g/mol. The lowest BCUT2D eigenvalue weighted by Crippen LogP contribution is -2.10. The van der Waals surface area contributed by atoms with Gasteiger partial charge < -0.3 is 19.7 Å². The highest BCUT2D eigenvalue weighted by molar-refractivity contribution is 6.37. The number of furan rings is 1. The fourth-order valence-corrected chi connectivity index (χ4v) is 7.04. The van der Waals surface area contributed by atoms with Gasteiger partial charge in [0.25, 0.3) is 0 Å². The van der Waals surface area contributed by atoms with Gasteiger partial charge in [0.1, 0.15) is 24.8 Å². The van der Waals surface area contributed by atoms with Gasteiger partial charge in [-0.25, -0.2) is 0 Å². The minimum absolute atomic E-state index is 0.260. The molecule has 8 rings (SSSR count). The molecular weight excluding hydrogens is 567 g/mol. The lowest BCUT2D eigenvalue weighted by atomic mass is 9.79. The quantitative estimate of drug-likeness (QED) is 0.110. The fraction of sp³-hybridized carbons (Fsp3) is 0.0732. The molecule has 0 atom stereocenters. The summed E-state index contributed by atoms with van der Waals surface area (Å²) in [7, 11) is 6.19. The van der Waals surface area contributed by atoms with Crippen molar-refractivity contribution in [1.82, 2.24) is 0 Å². The number of hydrogen-bond acceptors (Lipinski definition) is 4. The van der Waals surface area contributed by atoms with Crippen LogP contribution in [0.2, 0.25) is 0 Å². The lowest BCUT2D eigenvalue weighted by Gasteiger charge is -2.24. The number of hydrogen-bond donors (Lipinski definition) is 3. The third-order valence-electron chi connectivity index (χ3n) is 9.21. The zero-order chi connectivity index (χ0) is 31.4. The molecule has 220 valence electrons. The zero-order valence-corrected chi connectivity index (χ0v) is 25.0. The molecule has 3 N–H and O–H groups in total. The molecule has 0 unspecified atom stereocenters. The molecule has 0 saturated heterocycles. The summed E-state index contributed by atoms with van der Waals surface area (Å²) < 4.78 is 6.16. The Kier molecular flexibility index (Phi) is 6.68. The third-order valence-corrected chi connectivity index (χ3v) is 9.21. The first-order valence-electron chi connectivity index (χ1n) is 15.4. The van der Waals surface area contributed by atoms with Crippen LogP contribution in [0.3, 0.4) is 0 Å². The summed E-state index contributed by atoms with van der Waals surface area (Å²) >= 11 is 0.